The number of carbonyl (C=O) groups excluding carboxylic acids is 3. The molecule has 0 aliphatic rings. The number of hydrogen-bond acceptors (Lipinski definition) is 7. The molecule has 372 valence electrons. The Morgan fingerprint density at radius 2 is 0.714 bits per heavy atom. The third-order valence-electron chi connectivity index (χ3n) is 12.7. The summed E-state index contributed by atoms with van der Waals surface area (Å²) in [5.41, 5.74) is 0. The summed E-state index contributed by atoms with van der Waals surface area (Å²) in [5.74, 6) is -2.28. The molecule has 2 atom stereocenters. The number of unbranched alkanes of at least 4 members (excludes halogenated alkanes) is 36. The molecule has 0 aliphatic heterocycles. The van der Waals surface area contributed by atoms with E-state index in [9.17, 15) is 24.3 Å². The Morgan fingerprint density at radius 1 is 0.429 bits per heavy atom. The van der Waals surface area contributed by atoms with Crippen molar-refractivity contribution >= 4 is 36.4 Å². The van der Waals surface area contributed by atoms with E-state index in [1.54, 1.807) is 0 Å². The average molecular weight is 910 g/mol. The maximum atomic E-state index is 13.6. The molecule has 0 spiro atoms. The van der Waals surface area contributed by atoms with Crippen LogP contribution in [0.15, 0.2) is 0 Å². The minimum atomic E-state index is -1.17. The van der Waals surface area contributed by atoms with Crippen LogP contribution < -0.4 is 0 Å². The fourth-order valence-corrected chi connectivity index (χ4v) is 8.92. The first kappa shape index (κ1) is 61.2. The molecule has 8 nitrogen and oxygen atoms in total. The highest BCUT2D eigenvalue weighted by Crippen LogP contribution is 2.18. The fraction of sp³-hybridized carbons (Fsp3) is 0.926. The Bertz CT molecular complexity index is 1040. The number of nitrogens with zero attached hydrogens (tertiary/aromatic N) is 1. The molecule has 0 aliphatic carbocycles. The Labute approximate surface area is 395 Å². The number of hydrogen-bond donors (Lipinski definition) is 2. The van der Waals surface area contributed by atoms with Gasteiger partial charge in [0.1, 0.15) is 12.6 Å². The lowest BCUT2D eigenvalue weighted by Crippen LogP contribution is -2.51. The number of rotatable bonds is 50. The molecule has 0 rings (SSSR count). The smallest absolute Gasteiger partial charge is 0.327 e. The summed E-state index contributed by atoms with van der Waals surface area (Å²) in [6.45, 7) is 6.40. The average Bonchev–Trinajstić information content (AvgIpc) is 3.27. The first-order valence-corrected chi connectivity index (χ1v) is 27.9. The molecule has 0 aromatic heterocycles. The molecule has 1 N–H and O–H groups in total. The van der Waals surface area contributed by atoms with E-state index in [4.69, 9.17) is 9.47 Å². The first-order valence-electron chi connectivity index (χ1n) is 27.3. The zero-order chi connectivity index (χ0) is 46.3. The molecule has 0 saturated heterocycles. The van der Waals surface area contributed by atoms with E-state index >= 15 is 0 Å². The van der Waals surface area contributed by atoms with Gasteiger partial charge in [-0.1, -0.05) is 252 Å². The lowest BCUT2D eigenvalue weighted by atomic mass is 10.0. The van der Waals surface area contributed by atoms with Gasteiger partial charge in [-0.05, 0) is 19.3 Å². The van der Waals surface area contributed by atoms with E-state index in [1.807, 2.05) is 0 Å². The summed E-state index contributed by atoms with van der Waals surface area (Å²) in [6.07, 6.45) is 46.9. The summed E-state index contributed by atoms with van der Waals surface area (Å²) in [7, 11) is 0. The number of aliphatic carboxylic acids is 1. The molecule has 0 unspecified atom stereocenters. The van der Waals surface area contributed by atoms with Crippen LogP contribution in [0.1, 0.15) is 290 Å². The minimum absolute atomic E-state index is 0.0713. The molecule has 9 heteroatoms. The van der Waals surface area contributed by atoms with Crippen LogP contribution in [0.5, 0.6) is 0 Å². The van der Waals surface area contributed by atoms with Gasteiger partial charge in [0, 0.05) is 25.0 Å². The number of carboxylic acids is 1. The number of ether oxygens (including phenoxy) is 2. The minimum Gasteiger partial charge on any atom is -0.480 e. The molecule has 63 heavy (non-hydrogen) atoms. The van der Waals surface area contributed by atoms with Gasteiger partial charge in [0.2, 0.25) is 5.91 Å². The fourth-order valence-electron chi connectivity index (χ4n) is 8.57. The second-order valence-electron chi connectivity index (χ2n) is 18.9. The number of thiol groups is 1. The normalized spacial score (nSPS) is 12.3. The topological polar surface area (TPSA) is 110 Å². The summed E-state index contributed by atoms with van der Waals surface area (Å²) in [5, 5.41) is 10.1. The molecule has 0 heterocycles. The van der Waals surface area contributed by atoms with E-state index in [0.717, 1.165) is 51.4 Å². The predicted molar refractivity (Wildman–Crippen MR) is 269 cm³/mol. The third kappa shape index (κ3) is 41.4. The van der Waals surface area contributed by atoms with Gasteiger partial charge in [0.05, 0.1) is 6.54 Å². The quantitative estimate of drug-likeness (QED) is 0.0355. The number of esters is 2. The van der Waals surface area contributed by atoms with Crippen LogP contribution in [0.2, 0.25) is 0 Å². The van der Waals surface area contributed by atoms with Gasteiger partial charge in [-0.15, -0.1) is 0 Å². The maximum absolute atomic E-state index is 13.6. The molecule has 0 aromatic carbocycles. The third-order valence-corrected chi connectivity index (χ3v) is 13.1. The van der Waals surface area contributed by atoms with Crippen LogP contribution in [0, 0.1) is 0 Å². The highest BCUT2D eigenvalue weighted by molar-refractivity contribution is 7.80. The standard InChI is InChI=1S/C54H103NO7S/c1-4-7-10-13-16-19-22-25-28-31-34-37-40-43-51(56)55(50(48-63)54(59)60)46-49(62-53(58)45-42-39-36-33-30-27-24-21-18-15-12-9-6-3)47-61-52(57)44-41-38-35-32-29-26-23-20-17-14-11-8-5-2/h49-50,63H,4-48H2,1-3H3,(H,59,60)/t49-,50-/m0/s1. The Morgan fingerprint density at radius 3 is 1.02 bits per heavy atom. The molecule has 0 aromatic rings. The van der Waals surface area contributed by atoms with Gasteiger partial charge < -0.3 is 19.5 Å². The van der Waals surface area contributed by atoms with E-state index in [2.05, 4.69) is 33.4 Å². The zero-order valence-corrected chi connectivity index (χ0v) is 42.7. The van der Waals surface area contributed by atoms with Crippen molar-refractivity contribution in [3.8, 4) is 0 Å². The lowest BCUT2D eigenvalue weighted by molar-refractivity contribution is -0.163. The molecular weight excluding hydrogens is 807 g/mol. The van der Waals surface area contributed by atoms with Crippen molar-refractivity contribution in [3.63, 3.8) is 0 Å². The van der Waals surface area contributed by atoms with Gasteiger partial charge in [0.15, 0.2) is 6.10 Å². The van der Waals surface area contributed by atoms with Crippen LogP contribution in [-0.2, 0) is 28.7 Å². The van der Waals surface area contributed by atoms with Crippen molar-refractivity contribution in [3.05, 3.63) is 0 Å². The van der Waals surface area contributed by atoms with Crippen molar-refractivity contribution in [1.29, 1.82) is 0 Å². The van der Waals surface area contributed by atoms with Gasteiger partial charge in [0.25, 0.3) is 0 Å². The number of carbonyl (C=O) groups is 4. The molecule has 1 amide bonds. The molecule has 0 bridgehead atoms. The van der Waals surface area contributed by atoms with Crippen LogP contribution in [0.4, 0.5) is 0 Å². The first-order chi connectivity index (χ1) is 30.8. The molecule has 0 saturated carbocycles. The molecule has 0 fully saturated rings. The van der Waals surface area contributed by atoms with Gasteiger partial charge in [-0.2, -0.15) is 12.6 Å². The van der Waals surface area contributed by atoms with E-state index in [1.165, 1.54) is 191 Å². The highest BCUT2D eigenvalue weighted by Gasteiger charge is 2.32. The van der Waals surface area contributed by atoms with Crippen LogP contribution in [-0.4, -0.2) is 64.9 Å². The summed E-state index contributed by atoms with van der Waals surface area (Å²) in [6, 6.07) is -1.17. The molecular formula is C54H103NO7S. The van der Waals surface area contributed by atoms with Crippen molar-refractivity contribution < 1.29 is 33.8 Å². The summed E-state index contributed by atoms with van der Waals surface area (Å²) in [4.78, 5) is 53.3. The Balaban J connectivity index is 4.99. The second kappa shape index (κ2) is 48.2. The van der Waals surface area contributed by atoms with Crippen molar-refractivity contribution in [2.75, 3.05) is 18.9 Å². The molecule has 0 radical (unpaired) electrons. The SMILES string of the molecule is CCCCCCCCCCCCCCCC(=O)OC[C@H](CN(C(=O)CCCCCCCCCCCCCCC)[C@@H](CS)C(=O)O)OC(=O)CCCCCCCCCCCCCCC. The Hall–Kier alpha value is -1.77. The largest absolute Gasteiger partial charge is 0.480 e. The van der Waals surface area contributed by atoms with Crippen molar-refractivity contribution in [2.45, 2.75) is 303 Å². The predicted octanol–water partition coefficient (Wildman–Crippen LogP) is 16.1. The number of carboxylic acid groups (broad SMARTS) is 1. The lowest BCUT2D eigenvalue weighted by Gasteiger charge is -2.31. The van der Waals surface area contributed by atoms with E-state index < -0.39 is 24.1 Å². The van der Waals surface area contributed by atoms with Gasteiger partial charge in [-0.25, -0.2) is 4.79 Å². The van der Waals surface area contributed by atoms with Crippen LogP contribution in [0.3, 0.4) is 0 Å². The van der Waals surface area contributed by atoms with Gasteiger partial charge in [-0.3, -0.25) is 14.4 Å². The van der Waals surface area contributed by atoms with Crippen molar-refractivity contribution in [2.24, 2.45) is 0 Å². The van der Waals surface area contributed by atoms with Gasteiger partial charge >= 0.3 is 17.9 Å². The van der Waals surface area contributed by atoms with Crippen LogP contribution >= 0.6 is 12.6 Å². The monoisotopic (exact) mass is 910 g/mol. The summed E-state index contributed by atoms with van der Waals surface area (Å²) < 4.78 is 11.5. The van der Waals surface area contributed by atoms with Crippen molar-refractivity contribution in [1.82, 2.24) is 4.90 Å². The summed E-state index contributed by atoms with van der Waals surface area (Å²) >= 11 is 4.30. The second-order valence-corrected chi connectivity index (χ2v) is 19.2. The maximum Gasteiger partial charge on any atom is 0.327 e. The zero-order valence-electron chi connectivity index (χ0n) is 41.8. The highest BCUT2D eigenvalue weighted by atomic mass is 32.1. The van der Waals surface area contributed by atoms with E-state index in [0.29, 0.717) is 12.8 Å². The Kier molecular flexibility index (Phi) is 46.8. The van der Waals surface area contributed by atoms with E-state index in [-0.39, 0.29) is 50.0 Å². The van der Waals surface area contributed by atoms with Crippen LogP contribution in [0.25, 0.3) is 0 Å². The number of amides is 1.